The summed E-state index contributed by atoms with van der Waals surface area (Å²) in [6.45, 7) is 7.21. The van der Waals surface area contributed by atoms with Crippen molar-refractivity contribution in [3.63, 3.8) is 0 Å². The fourth-order valence-electron chi connectivity index (χ4n) is 10.2. The highest BCUT2D eigenvalue weighted by Gasteiger charge is 2.40. The number of nitrogens with two attached hydrogens (primary N) is 1. The SMILES string of the molecule is CC(C)C[CH]NC(=O)[C@@H]1CCCN1C(=O)[C@H](Cc1ccccc1)NC(=O)[C@H](C)NC(=O)[C@H](CCC(=O)O)NC(=O)[C@H](C)NC(=O)[C@H](CO)NC(=O)[C@H](CCC(=O)O)NC(=O)[C@H](CC(=O)O)NC(=O)[C@H](CCC(=O)O)NC(=O)[C@H](C)NC(=O)CNC(=O)[C@H](CC(N)=O)NC(=O)[C@@H]1CCCN1C=O. The number of primary amides is 1. The number of rotatable bonds is 44. The Morgan fingerprint density at radius 2 is 0.931 bits per heavy atom. The Labute approximate surface area is 578 Å². The minimum Gasteiger partial charge on any atom is -0.481 e. The van der Waals surface area contributed by atoms with E-state index in [4.69, 9.17) is 5.73 Å². The first-order chi connectivity index (χ1) is 47.5. The highest BCUT2D eigenvalue weighted by molar-refractivity contribution is 6.01. The number of aliphatic carboxylic acids is 4. The van der Waals surface area contributed by atoms with Gasteiger partial charge in [-0.2, -0.15) is 0 Å². The molecule has 1 aromatic carbocycles. The van der Waals surface area contributed by atoms with E-state index in [2.05, 4.69) is 47.9 Å². The maximum Gasteiger partial charge on any atom is 0.305 e. The summed E-state index contributed by atoms with van der Waals surface area (Å²) in [5, 5.41) is 75.5. The average Bonchev–Trinajstić information content (AvgIpc) is 1.76. The molecule has 39 nitrogen and oxygen atoms in total. The van der Waals surface area contributed by atoms with Crippen LogP contribution in [0.5, 0.6) is 0 Å². The summed E-state index contributed by atoms with van der Waals surface area (Å²) >= 11 is 0. The lowest BCUT2D eigenvalue weighted by Gasteiger charge is -2.30. The number of carboxylic acids is 4. The summed E-state index contributed by atoms with van der Waals surface area (Å²) in [4.78, 5) is 248. The molecule has 0 aliphatic carbocycles. The van der Waals surface area contributed by atoms with Crippen LogP contribution < -0.4 is 69.5 Å². The molecule has 0 spiro atoms. The molecular formula is C62H90N15O24. The van der Waals surface area contributed by atoms with Gasteiger partial charge in [-0.25, -0.2) is 0 Å². The molecule has 12 atom stereocenters. The molecule has 2 heterocycles. The van der Waals surface area contributed by atoms with Gasteiger partial charge in [0.25, 0.3) is 0 Å². The first kappa shape index (κ1) is 84.3. The molecule has 2 fully saturated rings. The van der Waals surface area contributed by atoms with Gasteiger partial charge in [-0.05, 0) is 83.6 Å². The van der Waals surface area contributed by atoms with Crippen LogP contribution in [-0.4, -0.2) is 247 Å². The normalized spacial score (nSPS) is 16.9. The van der Waals surface area contributed by atoms with E-state index in [0.717, 1.165) is 13.8 Å². The third-order valence-corrected chi connectivity index (χ3v) is 15.7. The van der Waals surface area contributed by atoms with Crippen molar-refractivity contribution in [2.45, 2.75) is 197 Å². The maximum absolute atomic E-state index is 14.2. The van der Waals surface area contributed by atoms with E-state index in [9.17, 15) is 117 Å². The summed E-state index contributed by atoms with van der Waals surface area (Å²) in [6, 6.07) is -10.7. The number of likely N-dealkylation sites (tertiary alicyclic amines) is 2. The first-order valence-corrected chi connectivity index (χ1v) is 32.3. The molecule has 15 amide bonds. The maximum atomic E-state index is 14.2. The van der Waals surface area contributed by atoms with Gasteiger partial charge >= 0.3 is 23.9 Å². The average molecular weight is 1430 g/mol. The number of aliphatic hydroxyl groups is 1. The molecule has 0 saturated carbocycles. The van der Waals surface area contributed by atoms with E-state index in [1.165, 1.54) is 16.7 Å². The van der Waals surface area contributed by atoms with Crippen molar-refractivity contribution in [1.82, 2.24) is 73.6 Å². The molecule has 2 aliphatic heterocycles. The van der Waals surface area contributed by atoms with Crippen LogP contribution in [0, 0.1) is 12.5 Å². The second-order valence-electron chi connectivity index (χ2n) is 24.4. The molecule has 0 bridgehead atoms. The highest BCUT2D eigenvalue weighted by atomic mass is 16.4. The van der Waals surface area contributed by atoms with Crippen molar-refractivity contribution in [2.75, 3.05) is 26.2 Å². The number of nitrogens with zero attached hydrogens (tertiary/aromatic N) is 2. The van der Waals surface area contributed by atoms with Gasteiger partial charge < -0.3 is 105 Å². The van der Waals surface area contributed by atoms with Gasteiger partial charge in [0.15, 0.2) is 0 Å². The number of benzene rings is 1. The Morgan fingerprint density at radius 3 is 1.42 bits per heavy atom. The molecule has 2 saturated heterocycles. The lowest BCUT2D eigenvalue weighted by atomic mass is 10.0. The predicted octanol–water partition coefficient (Wildman–Crippen LogP) is -6.87. The van der Waals surface area contributed by atoms with Crippen LogP contribution in [0.25, 0.3) is 0 Å². The number of carbonyl (C=O) groups excluding carboxylic acids is 15. The van der Waals surface area contributed by atoms with Crippen LogP contribution >= 0.6 is 0 Å². The van der Waals surface area contributed by atoms with Crippen molar-refractivity contribution in [3.05, 3.63) is 42.4 Å². The molecule has 557 valence electrons. The summed E-state index contributed by atoms with van der Waals surface area (Å²) < 4.78 is 0. The molecule has 3 rings (SSSR count). The Kier molecular flexibility index (Phi) is 35.2. The van der Waals surface area contributed by atoms with Gasteiger partial charge in [0.05, 0.1) is 26.0 Å². The third kappa shape index (κ3) is 29.6. The lowest BCUT2D eigenvalue weighted by molar-refractivity contribution is -0.142. The van der Waals surface area contributed by atoms with Crippen LogP contribution in [0.2, 0.25) is 0 Å². The third-order valence-electron chi connectivity index (χ3n) is 15.7. The number of amides is 15. The van der Waals surface area contributed by atoms with Gasteiger partial charge in [-0.1, -0.05) is 44.2 Å². The monoisotopic (exact) mass is 1430 g/mol. The second kappa shape index (κ2) is 42.2. The minimum atomic E-state index is -2.21. The van der Waals surface area contributed by atoms with Crippen LogP contribution in [0.1, 0.15) is 124 Å². The summed E-state index contributed by atoms with van der Waals surface area (Å²) in [6.07, 6.45) is -4.11. The van der Waals surface area contributed by atoms with E-state index in [1.54, 1.807) is 36.9 Å². The lowest BCUT2D eigenvalue weighted by Crippen LogP contribution is -2.61. The van der Waals surface area contributed by atoms with Crippen molar-refractivity contribution in [1.29, 1.82) is 0 Å². The quantitative estimate of drug-likeness (QED) is 0.0270. The van der Waals surface area contributed by atoms with Crippen molar-refractivity contribution in [2.24, 2.45) is 11.7 Å². The Morgan fingerprint density at radius 1 is 0.495 bits per heavy atom. The molecular weight excluding hydrogens is 1340 g/mol. The highest BCUT2D eigenvalue weighted by Crippen LogP contribution is 2.21. The zero-order valence-corrected chi connectivity index (χ0v) is 56.2. The predicted molar refractivity (Wildman–Crippen MR) is 346 cm³/mol. The standard InChI is InChI=1S/C62H90N15O24/c1-31(2)21-22-64-60(99)44-14-10-24-77(44)62(101)41(25-35-11-7-6-8-12-35)74-53(92)34(5)67-55(94)36(15-18-47(82)83)69-52(91)33(4)68-59(98)42(29-78)75-57(96)38(17-20-49(86)87)71-58(97)40(27-50(88)89)72-56(95)37(16-19-48(84)85)70-51(90)32(3)66-46(81)28-65-54(93)39(26-45(63)80)73-61(100)43-13-9-23-76(43)30-79/h6-8,11-12,22,30-34,36-44,78H,9-10,13-21,23-29H2,1-5H3,(H2,63,80)(H,64,99)(H,65,93)(H,66,81)(H,67,94)(H,68,98)(H,69,91)(H,70,90)(H,71,97)(H,72,95)(H,73,100)(H,74,92)(H,75,96)(H,82,83)(H,84,85)(H,86,87)(H,88,89)/t32-,33-,34-,36-,37-,38-,39-,40-,41-,42-,43-,44-/m0/s1. The summed E-state index contributed by atoms with van der Waals surface area (Å²) in [7, 11) is 0. The molecule has 1 radical (unpaired) electrons. The van der Waals surface area contributed by atoms with Crippen molar-refractivity contribution in [3.8, 4) is 0 Å². The number of hydrogen-bond acceptors (Lipinski definition) is 20. The van der Waals surface area contributed by atoms with E-state index < -0.39 is 244 Å². The molecule has 39 heteroatoms. The molecule has 0 unspecified atom stereocenters. The van der Waals surface area contributed by atoms with Crippen molar-refractivity contribution < 1.29 is 117 Å². The zero-order chi connectivity index (χ0) is 75.8. The van der Waals surface area contributed by atoms with Gasteiger partial charge in [0.2, 0.25) is 89.1 Å². The second-order valence-corrected chi connectivity index (χ2v) is 24.4. The molecule has 19 N–H and O–H groups in total. The Hall–Kier alpha value is -10.9. The number of nitrogens with one attached hydrogen (secondary N) is 12. The molecule has 0 aromatic heterocycles. The van der Waals surface area contributed by atoms with Crippen molar-refractivity contribution >= 4 is 113 Å². The number of hydrogen-bond donors (Lipinski definition) is 18. The Bertz CT molecular complexity index is 3190. The van der Waals surface area contributed by atoms with Gasteiger partial charge in [0, 0.05) is 45.3 Å². The van der Waals surface area contributed by atoms with Gasteiger partial charge in [0.1, 0.15) is 72.5 Å². The van der Waals surface area contributed by atoms with Crippen LogP contribution in [0.4, 0.5) is 0 Å². The fourth-order valence-corrected chi connectivity index (χ4v) is 10.2. The smallest absolute Gasteiger partial charge is 0.305 e. The molecule has 1 aromatic rings. The van der Waals surface area contributed by atoms with E-state index >= 15 is 0 Å². The molecule has 101 heavy (non-hydrogen) atoms. The van der Waals surface area contributed by atoms with Crippen LogP contribution in [0.3, 0.4) is 0 Å². The summed E-state index contributed by atoms with van der Waals surface area (Å²) in [5.41, 5.74) is 5.88. The Balaban J connectivity index is 1.72. The number of carboxylic acid groups (broad SMARTS) is 4. The van der Waals surface area contributed by atoms with Gasteiger partial charge in [-0.3, -0.25) is 91.1 Å². The minimum absolute atomic E-state index is 0.0318. The topological polar surface area (TPSA) is 602 Å². The molecule has 2 aliphatic rings. The van der Waals surface area contributed by atoms with Crippen LogP contribution in [-0.2, 0) is 97.5 Å². The number of aliphatic hydroxyl groups excluding tert-OH is 1. The number of carbonyl (C=O) groups is 19. The largest absolute Gasteiger partial charge is 0.481 e. The van der Waals surface area contributed by atoms with E-state index in [-0.39, 0.29) is 31.8 Å². The first-order valence-electron chi connectivity index (χ1n) is 32.3. The zero-order valence-electron chi connectivity index (χ0n) is 56.2. The summed E-state index contributed by atoms with van der Waals surface area (Å²) in [5.74, 6) is -21.0. The fraction of sp³-hybridized carbons (Fsp3) is 0.581. The van der Waals surface area contributed by atoms with Gasteiger partial charge in [-0.15, -0.1) is 0 Å². The van der Waals surface area contributed by atoms with E-state index in [1.807, 2.05) is 29.8 Å². The van der Waals surface area contributed by atoms with E-state index in [0.29, 0.717) is 37.7 Å². The van der Waals surface area contributed by atoms with Crippen LogP contribution in [0.15, 0.2) is 30.3 Å².